The highest BCUT2D eigenvalue weighted by atomic mass is 35.5. The van der Waals surface area contributed by atoms with Gasteiger partial charge in [0.25, 0.3) is 0 Å². The second kappa shape index (κ2) is 12.2. The molecular weight excluding hydrogens is 463 g/mol. The van der Waals surface area contributed by atoms with Gasteiger partial charge in [0.1, 0.15) is 6.61 Å². The molecule has 1 N–H and O–H groups in total. The molecule has 3 rings (SSSR count). The van der Waals surface area contributed by atoms with E-state index in [9.17, 15) is 0 Å². The topological polar surface area (TPSA) is 61.3 Å². The van der Waals surface area contributed by atoms with Crippen molar-refractivity contribution in [3.63, 3.8) is 0 Å². The third-order valence-electron chi connectivity index (χ3n) is 4.68. The van der Waals surface area contributed by atoms with Crippen LogP contribution in [-0.4, -0.2) is 27.0 Å². The summed E-state index contributed by atoms with van der Waals surface area (Å²) in [7, 11) is 3.22. The highest BCUT2D eigenvalue weighted by Gasteiger charge is 2.08. The van der Waals surface area contributed by atoms with Crippen molar-refractivity contribution in [2.24, 2.45) is 5.10 Å². The average molecular weight is 489 g/mol. The fourth-order valence-electron chi connectivity index (χ4n) is 3.03. The normalized spacial score (nSPS) is 10.8. The molecule has 0 radical (unpaired) electrons. The first-order valence-corrected chi connectivity index (χ1v) is 11.1. The molecule has 0 saturated carbocycles. The molecule has 0 heterocycles. The zero-order valence-electron chi connectivity index (χ0n) is 18.7. The molecule has 0 aromatic heterocycles. The van der Waals surface area contributed by atoms with E-state index in [1.165, 1.54) is 0 Å². The van der Waals surface area contributed by atoms with E-state index in [1.807, 2.05) is 49.4 Å². The fraction of sp³-hybridized carbons (Fsp3) is 0.240. The molecule has 3 aromatic rings. The standard InChI is InChI=1S/C25H26Cl2N2O4/c1-4-32-25-13-18(7-10-23(25)33-16-19-5-8-20(26)21(27)11-19)15-29-28-14-17-6-9-22(30-2)24(12-17)31-3/h5-13,15,28H,4,14,16H2,1-3H3/b29-15-. The maximum absolute atomic E-state index is 6.08. The van der Waals surface area contributed by atoms with Crippen LogP contribution in [0.25, 0.3) is 0 Å². The van der Waals surface area contributed by atoms with Gasteiger partial charge in [0.2, 0.25) is 0 Å². The van der Waals surface area contributed by atoms with Crippen LogP contribution in [0.1, 0.15) is 23.6 Å². The van der Waals surface area contributed by atoms with E-state index >= 15 is 0 Å². The van der Waals surface area contributed by atoms with Crippen molar-refractivity contribution in [1.82, 2.24) is 5.43 Å². The van der Waals surface area contributed by atoms with E-state index in [0.717, 1.165) is 16.7 Å². The van der Waals surface area contributed by atoms with Gasteiger partial charge in [0.05, 0.1) is 43.6 Å². The molecule has 33 heavy (non-hydrogen) atoms. The lowest BCUT2D eigenvalue weighted by atomic mass is 10.2. The van der Waals surface area contributed by atoms with Gasteiger partial charge in [-0.05, 0) is 66.1 Å². The number of halogens is 2. The Labute approximate surface area is 204 Å². The summed E-state index contributed by atoms with van der Waals surface area (Å²) in [4.78, 5) is 0. The van der Waals surface area contributed by atoms with Crippen LogP contribution in [0.2, 0.25) is 10.0 Å². The van der Waals surface area contributed by atoms with Gasteiger partial charge in [-0.15, -0.1) is 0 Å². The summed E-state index contributed by atoms with van der Waals surface area (Å²) < 4.78 is 22.3. The van der Waals surface area contributed by atoms with Crippen LogP contribution in [0.3, 0.4) is 0 Å². The number of benzene rings is 3. The zero-order chi connectivity index (χ0) is 23.6. The number of nitrogens with one attached hydrogen (secondary N) is 1. The maximum atomic E-state index is 6.08. The van der Waals surface area contributed by atoms with Crippen molar-refractivity contribution in [2.75, 3.05) is 20.8 Å². The molecule has 0 aliphatic heterocycles. The van der Waals surface area contributed by atoms with E-state index in [4.69, 9.17) is 42.1 Å². The third kappa shape index (κ3) is 6.94. The van der Waals surface area contributed by atoms with Crippen LogP contribution in [0.5, 0.6) is 23.0 Å². The quantitative estimate of drug-likeness (QED) is 0.260. The molecule has 0 saturated heterocycles. The van der Waals surface area contributed by atoms with Crippen LogP contribution in [0, 0.1) is 0 Å². The van der Waals surface area contributed by atoms with Gasteiger partial charge in [-0.25, -0.2) is 0 Å². The van der Waals surface area contributed by atoms with Crippen LogP contribution >= 0.6 is 23.2 Å². The largest absolute Gasteiger partial charge is 0.493 e. The number of hydrazone groups is 1. The van der Waals surface area contributed by atoms with Crippen molar-refractivity contribution in [3.8, 4) is 23.0 Å². The lowest BCUT2D eigenvalue weighted by Gasteiger charge is -2.13. The Morgan fingerprint density at radius 1 is 0.788 bits per heavy atom. The van der Waals surface area contributed by atoms with Crippen molar-refractivity contribution in [3.05, 3.63) is 81.3 Å². The second-order valence-corrected chi connectivity index (χ2v) is 7.77. The van der Waals surface area contributed by atoms with Gasteiger partial charge >= 0.3 is 0 Å². The van der Waals surface area contributed by atoms with Crippen LogP contribution in [0.15, 0.2) is 59.7 Å². The lowest BCUT2D eigenvalue weighted by molar-refractivity contribution is 0.269. The van der Waals surface area contributed by atoms with Gasteiger partial charge < -0.3 is 24.4 Å². The summed E-state index contributed by atoms with van der Waals surface area (Å²) in [5.74, 6) is 2.65. The lowest BCUT2D eigenvalue weighted by Crippen LogP contribution is -2.06. The molecule has 3 aromatic carbocycles. The van der Waals surface area contributed by atoms with Gasteiger partial charge in [-0.1, -0.05) is 35.3 Å². The number of ether oxygens (including phenoxy) is 4. The number of methoxy groups -OCH3 is 2. The third-order valence-corrected chi connectivity index (χ3v) is 5.42. The Morgan fingerprint density at radius 3 is 2.27 bits per heavy atom. The molecular formula is C25H26Cl2N2O4. The first-order valence-electron chi connectivity index (χ1n) is 10.3. The van der Waals surface area contributed by atoms with Crippen molar-refractivity contribution in [1.29, 1.82) is 0 Å². The Bertz CT molecular complexity index is 1110. The molecule has 0 spiro atoms. The highest BCUT2D eigenvalue weighted by Crippen LogP contribution is 2.30. The smallest absolute Gasteiger partial charge is 0.161 e. The molecule has 174 valence electrons. The zero-order valence-corrected chi connectivity index (χ0v) is 20.2. The van der Waals surface area contributed by atoms with Gasteiger partial charge in [-0.2, -0.15) is 5.10 Å². The molecule has 0 aliphatic carbocycles. The van der Waals surface area contributed by atoms with Crippen molar-refractivity contribution in [2.45, 2.75) is 20.1 Å². The first kappa shape index (κ1) is 24.6. The Kier molecular flexibility index (Phi) is 9.10. The number of nitrogens with zero attached hydrogens (tertiary/aromatic N) is 1. The van der Waals surface area contributed by atoms with Crippen molar-refractivity contribution < 1.29 is 18.9 Å². The molecule has 0 unspecified atom stereocenters. The predicted octanol–water partition coefficient (Wildman–Crippen LogP) is 6.11. The van der Waals surface area contributed by atoms with Crippen LogP contribution in [-0.2, 0) is 13.2 Å². The first-order chi connectivity index (χ1) is 16.0. The van der Waals surface area contributed by atoms with E-state index in [1.54, 1.807) is 32.6 Å². The Hall–Kier alpha value is -3.09. The number of hydrogen-bond donors (Lipinski definition) is 1. The monoisotopic (exact) mass is 488 g/mol. The van der Waals surface area contributed by atoms with E-state index in [-0.39, 0.29) is 0 Å². The van der Waals surface area contributed by atoms with Gasteiger partial charge in [-0.3, -0.25) is 0 Å². The summed E-state index contributed by atoms with van der Waals surface area (Å²) in [6, 6.07) is 16.8. The van der Waals surface area contributed by atoms with Gasteiger partial charge in [0, 0.05) is 0 Å². The molecule has 6 nitrogen and oxygen atoms in total. The summed E-state index contributed by atoms with van der Waals surface area (Å²) >= 11 is 12.1. The number of rotatable bonds is 11. The molecule has 0 fully saturated rings. The van der Waals surface area contributed by atoms with Gasteiger partial charge in [0.15, 0.2) is 23.0 Å². The minimum atomic E-state index is 0.345. The fourth-order valence-corrected chi connectivity index (χ4v) is 3.35. The molecule has 0 amide bonds. The second-order valence-electron chi connectivity index (χ2n) is 6.96. The van der Waals surface area contributed by atoms with Crippen molar-refractivity contribution >= 4 is 29.4 Å². The van der Waals surface area contributed by atoms with E-state index in [0.29, 0.717) is 52.8 Å². The molecule has 0 bridgehead atoms. The highest BCUT2D eigenvalue weighted by molar-refractivity contribution is 6.42. The van der Waals surface area contributed by atoms with Crippen LogP contribution < -0.4 is 24.4 Å². The SMILES string of the molecule is CCOc1cc(/C=N\NCc2ccc(OC)c(OC)c2)ccc1OCc1ccc(Cl)c(Cl)c1. The summed E-state index contributed by atoms with van der Waals surface area (Å²) in [5.41, 5.74) is 5.85. The summed E-state index contributed by atoms with van der Waals surface area (Å²) in [5, 5.41) is 5.31. The molecule has 0 aliphatic rings. The van der Waals surface area contributed by atoms with E-state index < -0.39 is 0 Å². The number of hydrogen-bond acceptors (Lipinski definition) is 6. The minimum Gasteiger partial charge on any atom is -0.493 e. The molecule has 8 heteroatoms. The predicted molar refractivity (Wildman–Crippen MR) is 132 cm³/mol. The Balaban J connectivity index is 1.62. The Morgan fingerprint density at radius 2 is 1.55 bits per heavy atom. The summed E-state index contributed by atoms with van der Waals surface area (Å²) in [6.45, 7) is 3.33. The van der Waals surface area contributed by atoms with Crippen LogP contribution in [0.4, 0.5) is 0 Å². The van der Waals surface area contributed by atoms with E-state index in [2.05, 4.69) is 10.5 Å². The maximum Gasteiger partial charge on any atom is 0.161 e. The molecule has 0 atom stereocenters. The summed E-state index contributed by atoms with van der Waals surface area (Å²) in [6.07, 6.45) is 1.73. The average Bonchev–Trinajstić information content (AvgIpc) is 2.83. The minimum absolute atomic E-state index is 0.345.